The van der Waals surface area contributed by atoms with Crippen LogP contribution in [0.2, 0.25) is 0 Å². The molecule has 260 valence electrons. The van der Waals surface area contributed by atoms with E-state index in [2.05, 4.69) is 20.9 Å². The number of alkyl halides is 1. The number of carbonyl (C=O) groups is 1. The number of methoxy groups -OCH3 is 1. The Morgan fingerprint density at radius 1 is 1.00 bits per heavy atom. The number of rotatable bonds is 16. The van der Waals surface area contributed by atoms with Gasteiger partial charge in [-0.1, -0.05) is 0 Å². The minimum absolute atomic E-state index is 0.0272. The van der Waals surface area contributed by atoms with E-state index in [-0.39, 0.29) is 43.1 Å². The molecule has 0 radical (unpaired) electrons. The summed E-state index contributed by atoms with van der Waals surface area (Å²) in [6.45, 7) is 6.75. The molecule has 0 aromatic rings. The van der Waals surface area contributed by atoms with Crippen molar-refractivity contribution in [3.8, 4) is 0 Å². The van der Waals surface area contributed by atoms with Gasteiger partial charge in [0.2, 0.25) is 5.91 Å². The van der Waals surface area contributed by atoms with Gasteiger partial charge in [0.15, 0.2) is 0 Å². The van der Waals surface area contributed by atoms with E-state index in [0.29, 0.717) is 38.4 Å². The Labute approximate surface area is 268 Å². The zero-order valence-corrected chi connectivity index (χ0v) is 27.4. The third kappa shape index (κ3) is 10.0. The number of aliphatic hydroxyl groups excluding tert-OH is 2. The van der Waals surface area contributed by atoms with Crippen LogP contribution in [0, 0.1) is 35.5 Å². The number of amides is 1. The van der Waals surface area contributed by atoms with E-state index in [1.54, 1.807) is 7.11 Å². The Kier molecular flexibility index (Phi) is 13.3. The number of likely N-dealkylation sites (tertiary alicyclic amines) is 2. The third-order valence-corrected chi connectivity index (χ3v) is 11.4. The highest BCUT2D eigenvalue weighted by molar-refractivity contribution is 5.76. The Morgan fingerprint density at radius 2 is 1.76 bits per heavy atom. The molecule has 3 unspecified atom stereocenters. The van der Waals surface area contributed by atoms with Crippen molar-refractivity contribution in [3.05, 3.63) is 0 Å². The fraction of sp³-hybridized carbons (Fsp3) is 0.970. The molecule has 45 heavy (non-hydrogen) atoms. The Balaban J connectivity index is 0.906. The lowest BCUT2D eigenvalue weighted by Crippen LogP contribution is -2.62. The second kappa shape index (κ2) is 16.9. The number of nitrogens with one attached hydrogen (secondary N) is 3. The van der Waals surface area contributed by atoms with Gasteiger partial charge in [0.25, 0.3) is 0 Å². The normalized spacial score (nSPS) is 35.2. The lowest BCUT2D eigenvalue weighted by molar-refractivity contribution is -0.132. The summed E-state index contributed by atoms with van der Waals surface area (Å²) in [5.74, 6) is 2.98. The highest BCUT2D eigenvalue weighted by Gasteiger charge is 2.44. The van der Waals surface area contributed by atoms with Crippen LogP contribution in [-0.2, 0) is 14.3 Å². The average Bonchev–Trinajstić information content (AvgIpc) is 3.67. The maximum atomic E-state index is 15.1. The largest absolute Gasteiger partial charge is 0.393 e. The first-order chi connectivity index (χ1) is 21.8. The number of hydrogen-bond donors (Lipinski definition) is 6. The average molecular weight is 642 g/mol. The molecule has 0 aromatic heterocycles. The summed E-state index contributed by atoms with van der Waals surface area (Å²) >= 11 is 0. The van der Waals surface area contributed by atoms with Gasteiger partial charge in [0, 0.05) is 78.3 Å². The number of nitrogens with zero attached hydrogens (tertiary/aromatic N) is 2. The summed E-state index contributed by atoms with van der Waals surface area (Å²) in [5.41, 5.74) is -1.54. The van der Waals surface area contributed by atoms with Gasteiger partial charge in [-0.15, -0.1) is 0 Å². The van der Waals surface area contributed by atoms with E-state index >= 15 is 4.39 Å². The zero-order chi connectivity index (χ0) is 31.8. The number of hydrogen-bond acceptors (Lipinski definition) is 10. The Morgan fingerprint density at radius 3 is 2.44 bits per heavy atom. The molecule has 12 heteroatoms. The first-order valence-electron chi connectivity index (χ1n) is 17.7. The van der Waals surface area contributed by atoms with Gasteiger partial charge in [-0.2, -0.15) is 0 Å². The summed E-state index contributed by atoms with van der Waals surface area (Å²) in [6.07, 6.45) is 7.20. The topological polar surface area (TPSA) is 139 Å². The van der Waals surface area contributed by atoms with Crippen molar-refractivity contribution in [2.45, 2.75) is 82.0 Å². The molecule has 6 atom stereocenters. The molecule has 11 nitrogen and oxygen atoms in total. The second-order valence-electron chi connectivity index (χ2n) is 14.8. The van der Waals surface area contributed by atoms with Crippen molar-refractivity contribution in [3.63, 3.8) is 0 Å². The van der Waals surface area contributed by atoms with Crippen LogP contribution >= 0.6 is 0 Å². The van der Waals surface area contributed by atoms with Crippen molar-refractivity contribution in [2.75, 3.05) is 85.9 Å². The molecule has 0 bridgehead atoms. The molecule has 1 amide bonds. The minimum Gasteiger partial charge on any atom is -0.393 e. The van der Waals surface area contributed by atoms with E-state index < -0.39 is 25.0 Å². The Bertz CT molecular complexity index is 901. The van der Waals surface area contributed by atoms with E-state index in [4.69, 9.17) is 9.47 Å². The van der Waals surface area contributed by atoms with Crippen LogP contribution in [0.3, 0.4) is 0 Å². The molecular formula is C33H60FN5O6. The van der Waals surface area contributed by atoms with Gasteiger partial charge in [0.1, 0.15) is 18.1 Å². The summed E-state index contributed by atoms with van der Waals surface area (Å²) in [7, 11) is 1.77. The number of aliphatic hydroxyl groups is 3. The number of ether oxygens (including phenoxy) is 2. The highest BCUT2D eigenvalue weighted by atomic mass is 19.1. The summed E-state index contributed by atoms with van der Waals surface area (Å²) in [5, 5.41) is 38.8. The first kappa shape index (κ1) is 35.3. The molecule has 6 N–H and O–H groups in total. The van der Waals surface area contributed by atoms with Crippen molar-refractivity contribution >= 4 is 5.91 Å². The van der Waals surface area contributed by atoms with Gasteiger partial charge in [-0.25, -0.2) is 4.39 Å². The molecule has 3 saturated heterocycles. The van der Waals surface area contributed by atoms with Gasteiger partial charge in [-0.3, -0.25) is 20.3 Å². The summed E-state index contributed by atoms with van der Waals surface area (Å²) in [6, 6.07) is 0. The SMILES string of the molecule is COCC1CNC(N2CCC([C@H]3C[C@H]3CCOC3CCC(CC(=O)N4CC[C@@H](CNCC(O)(CO)CO)C4)C(F)C3)CC2)NC1. The highest BCUT2D eigenvalue weighted by Crippen LogP contribution is 2.50. The van der Waals surface area contributed by atoms with E-state index in [1.807, 2.05) is 4.90 Å². The predicted octanol–water partition coefficient (Wildman–Crippen LogP) is 0.531. The molecule has 5 fully saturated rings. The van der Waals surface area contributed by atoms with Crippen LogP contribution in [0.4, 0.5) is 4.39 Å². The van der Waals surface area contributed by atoms with Crippen LogP contribution in [0.25, 0.3) is 0 Å². The van der Waals surface area contributed by atoms with Gasteiger partial charge in [-0.05, 0) is 81.1 Å². The van der Waals surface area contributed by atoms with E-state index in [9.17, 15) is 20.1 Å². The Hall–Kier alpha value is -0.960. The number of carbonyl (C=O) groups excluding carboxylic acids is 1. The van der Waals surface area contributed by atoms with Crippen LogP contribution in [0.1, 0.15) is 57.8 Å². The standard InChI is InChI=1S/C33H60FN5O6/c1-44-19-24-16-36-32(37-17-24)38-9-5-25(6-10-38)29-12-26(29)7-11-45-28-3-2-27(30(34)14-28)13-31(42)39-8-4-23(18-39)15-35-20-33(43,21-40)22-41/h23-30,32,35-37,40-41,43H,2-22H2,1H3/t23-,24?,26+,27?,28?,29+,30?,32?/m0/s1. The van der Waals surface area contributed by atoms with E-state index in [0.717, 1.165) is 76.4 Å². The summed E-state index contributed by atoms with van der Waals surface area (Å²) in [4.78, 5) is 17.3. The first-order valence-corrected chi connectivity index (χ1v) is 17.7. The van der Waals surface area contributed by atoms with Crippen molar-refractivity contribution in [1.82, 2.24) is 25.8 Å². The molecule has 2 saturated carbocycles. The van der Waals surface area contributed by atoms with Gasteiger partial charge >= 0.3 is 0 Å². The third-order valence-electron chi connectivity index (χ3n) is 11.4. The van der Waals surface area contributed by atoms with Crippen molar-refractivity contribution < 1.29 is 34.0 Å². The molecule has 5 rings (SSSR count). The summed E-state index contributed by atoms with van der Waals surface area (Å²) < 4.78 is 26.6. The molecule has 2 aliphatic carbocycles. The van der Waals surface area contributed by atoms with Crippen molar-refractivity contribution in [1.29, 1.82) is 0 Å². The lowest BCUT2D eigenvalue weighted by atomic mass is 9.83. The van der Waals surface area contributed by atoms with E-state index in [1.165, 1.54) is 19.3 Å². The molecule has 3 heterocycles. The monoisotopic (exact) mass is 641 g/mol. The molecule has 0 aromatic carbocycles. The second-order valence-corrected chi connectivity index (χ2v) is 14.8. The molecule has 0 spiro atoms. The molecule has 5 aliphatic rings. The predicted molar refractivity (Wildman–Crippen MR) is 169 cm³/mol. The number of halogens is 1. The number of piperidine rings is 1. The van der Waals surface area contributed by atoms with Crippen LogP contribution in [-0.4, -0.2) is 141 Å². The van der Waals surface area contributed by atoms with Crippen LogP contribution < -0.4 is 16.0 Å². The lowest BCUT2D eigenvalue weighted by Gasteiger charge is -2.42. The molecular weight excluding hydrogens is 581 g/mol. The van der Waals surface area contributed by atoms with Gasteiger partial charge < -0.3 is 35.0 Å². The van der Waals surface area contributed by atoms with Crippen LogP contribution in [0.5, 0.6) is 0 Å². The van der Waals surface area contributed by atoms with Crippen molar-refractivity contribution in [2.24, 2.45) is 35.5 Å². The smallest absolute Gasteiger partial charge is 0.222 e. The maximum Gasteiger partial charge on any atom is 0.222 e. The van der Waals surface area contributed by atoms with Crippen LogP contribution in [0.15, 0.2) is 0 Å². The fourth-order valence-corrected chi connectivity index (χ4v) is 8.26. The zero-order valence-electron chi connectivity index (χ0n) is 27.4. The minimum atomic E-state index is -1.54. The maximum absolute atomic E-state index is 15.1. The quantitative estimate of drug-likeness (QED) is 0.142. The van der Waals surface area contributed by atoms with Gasteiger partial charge in [0.05, 0.1) is 25.9 Å². The molecule has 3 aliphatic heterocycles. The fourth-order valence-electron chi connectivity index (χ4n) is 8.26.